The SMILES string of the molecule is COc1cccc(NC(=O)C(C)Sc2ccc(NC(=O)CCC(=O)O)cc2)c1. The van der Waals surface area contributed by atoms with E-state index in [4.69, 9.17) is 9.84 Å². The number of benzene rings is 2. The molecule has 0 saturated carbocycles. The van der Waals surface area contributed by atoms with E-state index in [0.717, 1.165) is 4.90 Å². The van der Waals surface area contributed by atoms with Gasteiger partial charge in [-0.3, -0.25) is 14.4 Å². The molecule has 2 aromatic carbocycles. The normalized spacial score (nSPS) is 11.4. The molecule has 0 saturated heterocycles. The van der Waals surface area contributed by atoms with Gasteiger partial charge in [0.15, 0.2) is 0 Å². The molecule has 1 atom stereocenters. The van der Waals surface area contributed by atoms with Crippen molar-refractivity contribution >= 4 is 40.9 Å². The van der Waals surface area contributed by atoms with Gasteiger partial charge in [0, 0.05) is 28.8 Å². The van der Waals surface area contributed by atoms with Crippen molar-refractivity contribution in [3.8, 4) is 5.75 Å². The number of carbonyl (C=O) groups excluding carboxylic acids is 2. The largest absolute Gasteiger partial charge is 0.497 e. The molecule has 0 fully saturated rings. The van der Waals surface area contributed by atoms with E-state index in [-0.39, 0.29) is 29.9 Å². The first-order chi connectivity index (χ1) is 13.4. The van der Waals surface area contributed by atoms with Gasteiger partial charge in [0.1, 0.15) is 5.75 Å². The number of carbonyl (C=O) groups is 3. The summed E-state index contributed by atoms with van der Waals surface area (Å²) < 4.78 is 5.14. The Morgan fingerprint density at radius 1 is 1.04 bits per heavy atom. The van der Waals surface area contributed by atoms with Gasteiger partial charge in [-0.25, -0.2) is 0 Å². The standard InChI is InChI=1S/C20H22N2O5S/c1-13(20(26)22-15-4-3-5-16(12-15)27-2)28-17-8-6-14(7-9-17)21-18(23)10-11-19(24)25/h3-9,12-13H,10-11H2,1-2H3,(H,21,23)(H,22,26)(H,24,25). The molecule has 148 valence electrons. The Hall–Kier alpha value is -3.00. The molecular weight excluding hydrogens is 380 g/mol. The Kier molecular flexibility index (Phi) is 7.88. The molecule has 3 N–H and O–H groups in total. The van der Waals surface area contributed by atoms with Crippen LogP contribution in [0, 0.1) is 0 Å². The molecule has 28 heavy (non-hydrogen) atoms. The zero-order chi connectivity index (χ0) is 20.5. The summed E-state index contributed by atoms with van der Waals surface area (Å²) in [5, 5.41) is 13.8. The highest BCUT2D eigenvalue weighted by Gasteiger charge is 2.15. The first-order valence-electron chi connectivity index (χ1n) is 8.60. The van der Waals surface area contributed by atoms with E-state index in [9.17, 15) is 14.4 Å². The summed E-state index contributed by atoms with van der Waals surface area (Å²) in [6.45, 7) is 1.81. The van der Waals surface area contributed by atoms with E-state index >= 15 is 0 Å². The summed E-state index contributed by atoms with van der Waals surface area (Å²) in [6, 6.07) is 14.2. The number of anilines is 2. The molecule has 2 amide bonds. The Bertz CT molecular complexity index is 839. The molecule has 2 aromatic rings. The van der Waals surface area contributed by atoms with E-state index in [1.54, 1.807) is 55.6 Å². The lowest BCUT2D eigenvalue weighted by Gasteiger charge is -2.13. The third-order valence-electron chi connectivity index (χ3n) is 3.72. The Balaban J connectivity index is 1.87. The lowest BCUT2D eigenvalue weighted by atomic mass is 10.2. The molecule has 1 unspecified atom stereocenters. The van der Waals surface area contributed by atoms with E-state index in [1.807, 2.05) is 6.92 Å². The smallest absolute Gasteiger partial charge is 0.303 e. The number of aliphatic carboxylic acids is 1. The number of thioether (sulfide) groups is 1. The van der Waals surface area contributed by atoms with Gasteiger partial charge < -0.3 is 20.5 Å². The summed E-state index contributed by atoms with van der Waals surface area (Å²) in [5.41, 5.74) is 1.24. The van der Waals surface area contributed by atoms with Crippen molar-refractivity contribution in [2.75, 3.05) is 17.7 Å². The quantitative estimate of drug-likeness (QED) is 0.554. The number of carboxylic acids is 1. The number of methoxy groups -OCH3 is 1. The highest BCUT2D eigenvalue weighted by Crippen LogP contribution is 2.26. The zero-order valence-corrected chi connectivity index (χ0v) is 16.4. The summed E-state index contributed by atoms with van der Waals surface area (Å²) in [5.74, 6) is -0.833. The van der Waals surface area contributed by atoms with Gasteiger partial charge in [-0.05, 0) is 43.3 Å². The highest BCUT2D eigenvalue weighted by molar-refractivity contribution is 8.00. The van der Waals surface area contributed by atoms with Crippen molar-refractivity contribution in [1.82, 2.24) is 0 Å². The summed E-state index contributed by atoms with van der Waals surface area (Å²) in [6.07, 6.45) is -0.285. The van der Waals surface area contributed by atoms with Crippen LogP contribution in [0.1, 0.15) is 19.8 Å². The molecule has 0 aliphatic rings. The maximum absolute atomic E-state index is 12.4. The lowest BCUT2D eigenvalue weighted by molar-refractivity contribution is -0.138. The highest BCUT2D eigenvalue weighted by atomic mass is 32.2. The fourth-order valence-corrected chi connectivity index (χ4v) is 3.13. The second kappa shape index (κ2) is 10.4. The maximum Gasteiger partial charge on any atom is 0.303 e. The van der Waals surface area contributed by atoms with Gasteiger partial charge >= 0.3 is 5.97 Å². The van der Waals surface area contributed by atoms with Gasteiger partial charge in [0.05, 0.1) is 18.8 Å². The average molecular weight is 402 g/mol. The Labute approximate surface area is 167 Å². The number of carboxylic acid groups (broad SMARTS) is 1. The lowest BCUT2D eigenvalue weighted by Crippen LogP contribution is -2.22. The fourth-order valence-electron chi connectivity index (χ4n) is 2.26. The fraction of sp³-hybridized carbons (Fsp3) is 0.250. The zero-order valence-electron chi connectivity index (χ0n) is 15.6. The Morgan fingerprint density at radius 2 is 1.75 bits per heavy atom. The van der Waals surface area contributed by atoms with Crippen molar-refractivity contribution < 1.29 is 24.2 Å². The van der Waals surface area contributed by atoms with Crippen LogP contribution < -0.4 is 15.4 Å². The minimum atomic E-state index is -1.01. The van der Waals surface area contributed by atoms with Crippen LogP contribution in [0.3, 0.4) is 0 Å². The van der Waals surface area contributed by atoms with Crippen LogP contribution in [-0.4, -0.2) is 35.2 Å². The number of nitrogens with one attached hydrogen (secondary N) is 2. The van der Waals surface area contributed by atoms with E-state index in [1.165, 1.54) is 11.8 Å². The minimum absolute atomic E-state index is 0.0761. The molecule has 0 heterocycles. The van der Waals surface area contributed by atoms with Gasteiger partial charge in [-0.15, -0.1) is 11.8 Å². The number of ether oxygens (including phenoxy) is 1. The molecule has 0 spiro atoms. The average Bonchev–Trinajstić information content (AvgIpc) is 2.68. The van der Waals surface area contributed by atoms with Crippen molar-refractivity contribution in [2.45, 2.75) is 29.9 Å². The molecule has 0 radical (unpaired) electrons. The minimum Gasteiger partial charge on any atom is -0.497 e. The monoisotopic (exact) mass is 402 g/mol. The topological polar surface area (TPSA) is 105 Å². The van der Waals surface area contributed by atoms with Gasteiger partial charge in [-0.1, -0.05) is 6.07 Å². The second-order valence-electron chi connectivity index (χ2n) is 5.95. The molecule has 0 aliphatic heterocycles. The number of hydrogen-bond donors (Lipinski definition) is 3. The summed E-state index contributed by atoms with van der Waals surface area (Å²) in [7, 11) is 1.57. The van der Waals surface area contributed by atoms with Crippen LogP contribution in [0.25, 0.3) is 0 Å². The maximum atomic E-state index is 12.4. The van der Waals surface area contributed by atoms with Crippen LogP contribution in [0.15, 0.2) is 53.4 Å². The molecule has 0 aliphatic carbocycles. The van der Waals surface area contributed by atoms with Gasteiger partial charge in [-0.2, -0.15) is 0 Å². The molecule has 8 heteroatoms. The van der Waals surface area contributed by atoms with Crippen LogP contribution in [-0.2, 0) is 14.4 Å². The van der Waals surface area contributed by atoms with Crippen LogP contribution in [0.4, 0.5) is 11.4 Å². The molecular formula is C20H22N2O5S. The molecule has 2 rings (SSSR count). The van der Waals surface area contributed by atoms with Crippen molar-refractivity contribution in [2.24, 2.45) is 0 Å². The van der Waals surface area contributed by atoms with Gasteiger partial charge in [0.25, 0.3) is 0 Å². The number of rotatable bonds is 9. The van der Waals surface area contributed by atoms with Crippen LogP contribution in [0.5, 0.6) is 5.75 Å². The van der Waals surface area contributed by atoms with Crippen molar-refractivity contribution in [3.05, 3.63) is 48.5 Å². The molecule has 7 nitrogen and oxygen atoms in total. The Morgan fingerprint density at radius 3 is 2.39 bits per heavy atom. The van der Waals surface area contributed by atoms with E-state index < -0.39 is 5.97 Å². The van der Waals surface area contributed by atoms with E-state index in [2.05, 4.69) is 10.6 Å². The predicted octanol–water partition coefficient (Wildman–Crippen LogP) is 3.62. The third-order valence-corrected chi connectivity index (χ3v) is 4.84. The van der Waals surface area contributed by atoms with Crippen LogP contribution >= 0.6 is 11.8 Å². The van der Waals surface area contributed by atoms with Gasteiger partial charge in [0.2, 0.25) is 11.8 Å². The number of amides is 2. The summed E-state index contributed by atoms with van der Waals surface area (Å²) >= 11 is 1.39. The van der Waals surface area contributed by atoms with Crippen molar-refractivity contribution in [1.29, 1.82) is 0 Å². The number of hydrogen-bond acceptors (Lipinski definition) is 5. The predicted molar refractivity (Wildman–Crippen MR) is 109 cm³/mol. The third kappa shape index (κ3) is 6.96. The first-order valence-corrected chi connectivity index (χ1v) is 9.48. The van der Waals surface area contributed by atoms with Crippen molar-refractivity contribution in [3.63, 3.8) is 0 Å². The first kappa shape index (κ1) is 21.3. The summed E-state index contributed by atoms with van der Waals surface area (Å²) in [4.78, 5) is 35.4. The molecule has 0 aromatic heterocycles. The molecule has 0 bridgehead atoms. The van der Waals surface area contributed by atoms with E-state index in [0.29, 0.717) is 17.1 Å². The van der Waals surface area contributed by atoms with Crippen LogP contribution in [0.2, 0.25) is 0 Å². The second-order valence-corrected chi connectivity index (χ2v) is 7.36.